The lowest BCUT2D eigenvalue weighted by Crippen LogP contribution is -1.92. The predicted molar refractivity (Wildman–Crippen MR) is 75.9 cm³/mol. The number of aliphatic hydroxyl groups is 2. The summed E-state index contributed by atoms with van der Waals surface area (Å²) in [5.74, 6) is 0.655. The summed E-state index contributed by atoms with van der Waals surface area (Å²) in [6, 6.07) is 7.02. The van der Waals surface area contributed by atoms with Gasteiger partial charge in [0.15, 0.2) is 0 Å². The molecule has 0 aliphatic carbocycles. The Bertz CT molecular complexity index is 792. The van der Waals surface area contributed by atoms with Crippen LogP contribution in [0.25, 0.3) is 21.8 Å². The molecule has 0 amide bonds. The molecule has 20 heavy (non-hydrogen) atoms. The number of phenols is 1. The average molecular weight is 273 g/mol. The fraction of sp³-hybridized carbons (Fsp3) is 0.200. The highest BCUT2D eigenvalue weighted by Gasteiger charge is 2.14. The zero-order valence-corrected chi connectivity index (χ0v) is 11.0. The number of H-pyrrole nitrogens is 1. The summed E-state index contributed by atoms with van der Waals surface area (Å²) >= 11 is 0. The molecule has 0 aliphatic heterocycles. The van der Waals surface area contributed by atoms with E-state index in [0.717, 1.165) is 21.8 Å². The molecule has 0 unspecified atom stereocenters. The van der Waals surface area contributed by atoms with E-state index in [-0.39, 0.29) is 19.0 Å². The summed E-state index contributed by atoms with van der Waals surface area (Å²) in [6.07, 6.45) is 0. The first-order valence-corrected chi connectivity index (χ1v) is 6.24. The second-order valence-electron chi connectivity index (χ2n) is 4.64. The van der Waals surface area contributed by atoms with Crippen LogP contribution in [0.4, 0.5) is 0 Å². The Morgan fingerprint density at radius 1 is 1.10 bits per heavy atom. The third-order valence-electron chi connectivity index (χ3n) is 3.59. The second-order valence-corrected chi connectivity index (χ2v) is 4.64. The van der Waals surface area contributed by atoms with Gasteiger partial charge in [0.1, 0.15) is 11.5 Å². The number of fused-ring (bicyclic) bond motifs is 3. The van der Waals surface area contributed by atoms with Crippen LogP contribution < -0.4 is 4.74 Å². The molecule has 2 aromatic carbocycles. The third kappa shape index (κ3) is 1.71. The molecular formula is C15H15NO4. The summed E-state index contributed by atoms with van der Waals surface area (Å²) in [4.78, 5) is 3.18. The van der Waals surface area contributed by atoms with Gasteiger partial charge in [0.2, 0.25) is 0 Å². The largest absolute Gasteiger partial charge is 0.508 e. The van der Waals surface area contributed by atoms with Gasteiger partial charge in [-0.15, -0.1) is 0 Å². The van der Waals surface area contributed by atoms with Gasteiger partial charge in [-0.05, 0) is 18.2 Å². The molecule has 0 saturated carbocycles. The van der Waals surface area contributed by atoms with Crippen LogP contribution in [0.2, 0.25) is 0 Å². The molecule has 5 heteroatoms. The normalized spacial score (nSPS) is 11.3. The molecule has 0 saturated heterocycles. The van der Waals surface area contributed by atoms with Crippen LogP contribution in [-0.4, -0.2) is 27.4 Å². The Morgan fingerprint density at radius 2 is 1.90 bits per heavy atom. The van der Waals surface area contributed by atoms with E-state index in [0.29, 0.717) is 16.9 Å². The van der Waals surface area contributed by atoms with E-state index in [4.69, 9.17) is 4.74 Å². The van der Waals surface area contributed by atoms with Crippen LogP contribution in [0.1, 0.15) is 11.1 Å². The summed E-state index contributed by atoms with van der Waals surface area (Å²) in [5.41, 5.74) is 2.67. The molecule has 0 atom stereocenters. The fourth-order valence-corrected chi connectivity index (χ4v) is 2.56. The number of methoxy groups -OCH3 is 1. The average Bonchev–Trinajstić information content (AvgIpc) is 2.82. The molecule has 0 spiro atoms. The number of nitrogens with one attached hydrogen (secondary N) is 1. The monoisotopic (exact) mass is 273 g/mol. The SMILES string of the molecule is COc1ccc2c([nH]c3cc(O)c(CO)cc32)c1CO. The maximum atomic E-state index is 9.81. The van der Waals surface area contributed by atoms with Crippen LogP contribution >= 0.6 is 0 Å². The van der Waals surface area contributed by atoms with Crippen LogP contribution in [0.5, 0.6) is 11.5 Å². The van der Waals surface area contributed by atoms with Crippen LogP contribution in [0.15, 0.2) is 24.3 Å². The molecule has 104 valence electrons. The first-order chi connectivity index (χ1) is 9.69. The van der Waals surface area contributed by atoms with E-state index in [9.17, 15) is 15.3 Å². The smallest absolute Gasteiger partial charge is 0.126 e. The molecule has 0 fully saturated rings. The number of aromatic amines is 1. The third-order valence-corrected chi connectivity index (χ3v) is 3.59. The van der Waals surface area contributed by atoms with Crippen LogP contribution in [0.3, 0.4) is 0 Å². The van der Waals surface area contributed by atoms with Crippen molar-refractivity contribution in [2.75, 3.05) is 7.11 Å². The lowest BCUT2D eigenvalue weighted by atomic mass is 10.1. The van der Waals surface area contributed by atoms with Gasteiger partial charge in [0.25, 0.3) is 0 Å². The number of aromatic hydroxyl groups is 1. The lowest BCUT2D eigenvalue weighted by molar-refractivity contribution is 0.275. The Balaban J connectivity index is 2.42. The highest BCUT2D eigenvalue weighted by Crippen LogP contribution is 2.35. The van der Waals surface area contributed by atoms with Crippen molar-refractivity contribution in [3.05, 3.63) is 35.4 Å². The summed E-state index contributed by atoms with van der Waals surface area (Å²) in [6.45, 7) is -0.371. The van der Waals surface area contributed by atoms with E-state index in [1.54, 1.807) is 25.3 Å². The van der Waals surface area contributed by atoms with Gasteiger partial charge in [-0.3, -0.25) is 0 Å². The molecule has 1 aromatic heterocycles. The zero-order chi connectivity index (χ0) is 14.3. The van der Waals surface area contributed by atoms with Gasteiger partial charge in [-0.1, -0.05) is 0 Å². The molecule has 0 bridgehead atoms. The molecule has 0 aliphatic rings. The van der Waals surface area contributed by atoms with E-state index < -0.39 is 0 Å². The molecule has 4 N–H and O–H groups in total. The van der Waals surface area contributed by atoms with E-state index >= 15 is 0 Å². The summed E-state index contributed by atoms with van der Waals surface area (Å²) in [7, 11) is 1.55. The zero-order valence-electron chi connectivity index (χ0n) is 11.0. The van der Waals surface area contributed by atoms with Gasteiger partial charge in [0.05, 0.1) is 31.4 Å². The lowest BCUT2D eigenvalue weighted by Gasteiger charge is -2.06. The Morgan fingerprint density at radius 3 is 2.55 bits per heavy atom. The second kappa shape index (κ2) is 4.70. The molecule has 5 nitrogen and oxygen atoms in total. The van der Waals surface area contributed by atoms with Gasteiger partial charge >= 0.3 is 0 Å². The highest BCUT2D eigenvalue weighted by molar-refractivity contribution is 6.09. The van der Waals surface area contributed by atoms with Gasteiger partial charge in [-0.2, -0.15) is 0 Å². The number of hydrogen-bond acceptors (Lipinski definition) is 4. The molecular weight excluding hydrogens is 258 g/mol. The van der Waals surface area contributed by atoms with Gasteiger partial charge < -0.3 is 25.0 Å². The van der Waals surface area contributed by atoms with Crippen molar-refractivity contribution in [2.24, 2.45) is 0 Å². The van der Waals surface area contributed by atoms with Gasteiger partial charge in [0, 0.05) is 28.0 Å². The maximum Gasteiger partial charge on any atom is 0.126 e. The Hall–Kier alpha value is -2.24. The standard InChI is InChI=1S/C15H15NO4/c1-20-14-3-2-9-10-4-8(6-17)13(19)5-12(10)16-15(9)11(14)7-18/h2-5,16-19H,6-7H2,1H3. The van der Waals surface area contributed by atoms with E-state index in [2.05, 4.69) is 4.98 Å². The minimum atomic E-state index is -0.225. The quantitative estimate of drug-likeness (QED) is 0.588. The van der Waals surface area contributed by atoms with Crippen molar-refractivity contribution in [3.8, 4) is 11.5 Å². The highest BCUT2D eigenvalue weighted by atomic mass is 16.5. The molecule has 1 heterocycles. The van der Waals surface area contributed by atoms with Crippen LogP contribution in [0, 0.1) is 0 Å². The van der Waals surface area contributed by atoms with Crippen molar-refractivity contribution in [3.63, 3.8) is 0 Å². The molecule has 3 rings (SSSR count). The minimum Gasteiger partial charge on any atom is -0.508 e. The summed E-state index contributed by atoms with van der Waals surface area (Å²) in [5, 5.41) is 30.4. The van der Waals surface area contributed by atoms with Crippen molar-refractivity contribution in [1.82, 2.24) is 4.98 Å². The van der Waals surface area contributed by atoms with Crippen molar-refractivity contribution < 1.29 is 20.1 Å². The van der Waals surface area contributed by atoms with Crippen molar-refractivity contribution in [2.45, 2.75) is 13.2 Å². The van der Waals surface area contributed by atoms with Crippen LogP contribution in [-0.2, 0) is 13.2 Å². The first kappa shape index (κ1) is 12.8. The number of rotatable bonds is 3. The topological polar surface area (TPSA) is 85.7 Å². The number of ether oxygens (including phenoxy) is 1. The first-order valence-electron chi connectivity index (χ1n) is 6.24. The predicted octanol–water partition coefficient (Wildman–Crippen LogP) is 2.02. The minimum absolute atomic E-state index is 0.0454. The Kier molecular flexibility index (Phi) is 3.00. The Labute approximate surface area is 115 Å². The maximum absolute atomic E-state index is 9.81. The number of aromatic nitrogens is 1. The molecule has 3 aromatic rings. The van der Waals surface area contributed by atoms with Crippen molar-refractivity contribution in [1.29, 1.82) is 0 Å². The van der Waals surface area contributed by atoms with Gasteiger partial charge in [-0.25, -0.2) is 0 Å². The van der Waals surface area contributed by atoms with Crippen molar-refractivity contribution >= 4 is 21.8 Å². The molecule has 0 radical (unpaired) electrons. The van der Waals surface area contributed by atoms with E-state index in [1.165, 1.54) is 0 Å². The van der Waals surface area contributed by atoms with E-state index in [1.807, 2.05) is 6.07 Å². The fourth-order valence-electron chi connectivity index (χ4n) is 2.56. The summed E-state index contributed by atoms with van der Waals surface area (Å²) < 4.78 is 5.24. The number of benzene rings is 2. The number of hydrogen-bond donors (Lipinski definition) is 4. The number of aliphatic hydroxyl groups excluding tert-OH is 2.